The third-order valence-corrected chi connectivity index (χ3v) is 6.30. The van der Waals surface area contributed by atoms with E-state index in [0.717, 1.165) is 23.2 Å². The lowest BCUT2D eigenvalue weighted by Crippen LogP contribution is -2.35. The summed E-state index contributed by atoms with van der Waals surface area (Å²) in [5, 5.41) is 2.54. The standard InChI is InChI=1S/C23H19N3O2S/c1-15-6-8-16(9-7-15)18-13-29-22-21(18)23(28)25(14-24-22)12-20(27)26-11-10-17-4-2-3-5-19(17)26/h2-9,13-14H,10-12H2,1H3. The molecule has 0 N–H and O–H groups in total. The van der Waals surface area contributed by atoms with Gasteiger partial charge in [-0.2, -0.15) is 0 Å². The minimum Gasteiger partial charge on any atom is -0.310 e. The molecule has 29 heavy (non-hydrogen) atoms. The van der Waals surface area contributed by atoms with Gasteiger partial charge >= 0.3 is 0 Å². The fourth-order valence-corrected chi connectivity index (χ4v) is 4.76. The Bertz CT molecular complexity index is 1290. The number of carbonyl (C=O) groups excluding carboxylic acids is 1. The highest BCUT2D eigenvalue weighted by molar-refractivity contribution is 7.17. The fourth-order valence-electron chi connectivity index (χ4n) is 3.85. The van der Waals surface area contributed by atoms with Crippen molar-refractivity contribution in [2.75, 3.05) is 11.4 Å². The molecule has 1 aliphatic heterocycles. The van der Waals surface area contributed by atoms with Gasteiger partial charge in [0.15, 0.2) is 0 Å². The zero-order chi connectivity index (χ0) is 20.0. The molecule has 0 atom stereocenters. The summed E-state index contributed by atoms with van der Waals surface area (Å²) in [6.07, 6.45) is 2.33. The van der Waals surface area contributed by atoms with Gasteiger partial charge in [-0.3, -0.25) is 14.2 Å². The molecule has 5 nitrogen and oxygen atoms in total. The summed E-state index contributed by atoms with van der Waals surface area (Å²) in [4.78, 5) is 33.0. The van der Waals surface area contributed by atoms with Gasteiger partial charge in [-0.25, -0.2) is 4.98 Å². The second-order valence-electron chi connectivity index (χ2n) is 7.30. The second kappa shape index (κ2) is 6.97. The van der Waals surface area contributed by atoms with Crippen molar-refractivity contribution in [1.29, 1.82) is 0 Å². The topological polar surface area (TPSA) is 55.2 Å². The maximum atomic E-state index is 13.2. The van der Waals surface area contributed by atoms with E-state index in [1.807, 2.05) is 60.8 Å². The van der Waals surface area contributed by atoms with Crippen LogP contribution in [0.15, 0.2) is 65.0 Å². The number of para-hydroxylation sites is 1. The zero-order valence-electron chi connectivity index (χ0n) is 16.0. The normalized spacial score (nSPS) is 13.1. The average molecular weight is 401 g/mol. The van der Waals surface area contributed by atoms with E-state index >= 15 is 0 Å². The molecule has 4 aromatic rings. The minimum absolute atomic E-state index is 0.0146. The summed E-state index contributed by atoms with van der Waals surface area (Å²) in [6, 6.07) is 16.0. The molecule has 0 aliphatic carbocycles. The van der Waals surface area contributed by atoms with E-state index < -0.39 is 0 Å². The average Bonchev–Trinajstić information content (AvgIpc) is 3.35. The van der Waals surface area contributed by atoms with Crippen molar-refractivity contribution in [2.45, 2.75) is 19.9 Å². The number of benzene rings is 2. The minimum atomic E-state index is -0.173. The van der Waals surface area contributed by atoms with Crippen molar-refractivity contribution in [1.82, 2.24) is 9.55 Å². The predicted octanol–water partition coefficient (Wildman–Crippen LogP) is 4.02. The maximum absolute atomic E-state index is 13.2. The SMILES string of the molecule is Cc1ccc(-c2csc3ncn(CC(=O)N4CCc5ccccc54)c(=O)c23)cc1. The summed E-state index contributed by atoms with van der Waals surface area (Å²) >= 11 is 1.45. The maximum Gasteiger partial charge on any atom is 0.263 e. The predicted molar refractivity (Wildman–Crippen MR) is 117 cm³/mol. The quantitative estimate of drug-likeness (QED) is 0.521. The molecule has 0 saturated heterocycles. The van der Waals surface area contributed by atoms with Crippen LogP contribution in [0.25, 0.3) is 21.3 Å². The number of anilines is 1. The molecule has 2 aromatic carbocycles. The number of hydrogen-bond acceptors (Lipinski definition) is 4. The molecule has 0 radical (unpaired) electrons. The molecular formula is C23H19N3O2S. The third-order valence-electron chi connectivity index (χ3n) is 5.42. The molecule has 0 spiro atoms. The Labute approximate surface area is 171 Å². The van der Waals surface area contributed by atoms with Gasteiger partial charge in [0.2, 0.25) is 5.91 Å². The van der Waals surface area contributed by atoms with Crippen LogP contribution in [0.3, 0.4) is 0 Å². The Morgan fingerprint density at radius 3 is 2.76 bits per heavy atom. The fraction of sp³-hybridized carbons (Fsp3) is 0.174. The molecule has 6 heteroatoms. The van der Waals surface area contributed by atoms with Crippen LogP contribution in [-0.2, 0) is 17.8 Å². The lowest BCUT2D eigenvalue weighted by molar-refractivity contribution is -0.119. The smallest absolute Gasteiger partial charge is 0.263 e. The molecule has 144 valence electrons. The largest absolute Gasteiger partial charge is 0.310 e. The number of rotatable bonds is 3. The van der Waals surface area contributed by atoms with Crippen LogP contribution >= 0.6 is 11.3 Å². The number of aryl methyl sites for hydroxylation is 1. The molecule has 3 heterocycles. The van der Waals surface area contributed by atoms with Gasteiger partial charge in [0.05, 0.1) is 11.7 Å². The molecular weight excluding hydrogens is 382 g/mol. The van der Waals surface area contributed by atoms with Crippen molar-refractivity contribution in [3.8, 4) is 11.1 Å². The van der Waals surface area contributed by atoms with Gasteiger partial charge in [-0.15, -0.1) is 11.3 Å². The van der Waals surface area contributed by atoms with Crippen molar-refractivity contribution >= 4 is 33.1 Å². The van der Waals surface area contributed by atoms with E-state index in [-0.39, 0.29) is 18.0 Å². The van der Waals surface area contributed by atoms with Crippen molar-refractivity contribution in [3.05, 3.63) is 81.7 Å². The van der Waals surface area contributed by atoms with Crippen LogP contribution in [0.4, 0.5) is 5.69 Å². The molecule has 0 bridgehead atoms. The summed E-state index contributed by atoms with van der Waals surface area (Å²) in [5.74, 6) is -0.0923. The summed E-state index contributed by atoms with van der Waals surface area (Å²) in [7, 11) is 0. The summed E-state index contributed by atoms with van der Waals surface area (Å²) in [6.45, 7) is 2.67. The van der Waals surface area contributed by atoms with E-state index in [4.69, 9.17) is 0 Å². The van der Waals surface area contributed by atoms with E-state index in [1.165, 1.54) is 33.4 Å². The van der Waals surface area contributed by atoms with Gasteiger partial charge in [0.1, 0.15) is 11.4 Å². The highest BCUT2D eigenvalue weighted by Crippen LogP contribution is 2.31. The highest BCUT2D eigenvalue weighted by atomic mass is 32.1. The van der Waals surface area contributed by atoms with Crippen LogP contribution in [-0.4, -0.2) is 22.0 Å². The third kappa shape index (κ3) is 3.06. The number of aromatic nitrogens is 2. The summed E-state index contributed by atoms with van der Waals surface area (Å²) < 4.78 is 1.43. The Hall–Kier alpha value is -3.25. The van der Waals surface area contributed by atoms with Gasteiger partial charge in [0, 0.05) is 23.2 Å². The van der Waals surface area contributed by atoms with Crippen LogP contribution in [0.2, 0.25) is 0 Å². The molecule has 0 saturated carbocycles. The van der Waals surface area contributed by atoms with E-state index in [0.29, 0.717) is 16.8 Å². The molecule has 5 rings (SSSR count). The van der Waals surface area contributed by atoms with Crippen molar-refractivity contribution in [3.63, 3.8) is 0 Å². The number of amides is 1. The van der Waals surface area contributed by atoms with Gasteiger partial charge < -0.3 is 4.90 Å². The molecule has 0 fully saturated rings. The highest BCUT2D eigenvalue weighted by Gasteiger charge is 2.25. The Balaban J connectivity index is 1.51. The molecule has 0 unspecified atom stereocenters. The van der Waals surface area contributed by atoms with Crippen molar-refractivity contribution < 1.29 is 4.79 Å². The van der Waals surface area contributed by atoms with Gasteiger partial charge in [0.25, 0.3) is 5.56 Å². The first-order valence-electron chi connectivity index (χ1n) is 9.54. The number of nitrogens with zero attached hydrogens (tertiary/aromatic N) is 3. The first-order valence-corrected chi connectivity index (χ1v) is 10.4. The molecule has 1 aliphatic rings. The first-order chi connectivity index (χ1) is 14.1. The lowest BCUT2D eigenvalue weighted by atomic mass is 10.1. The van der Waals surface area contributed by atoms with Crippen LogP contribution < -0.4 is 10.5 Å². The van der Waals surface area contributed by atoms with Gasteiger partial charge in [-0.05, 0) is 30.5 Å². The van der Waals surface area contributed by atoms with Crippen molar-refractivity contribution in [2.24, 2.45) is 0 Å². The van der Waals surface area contributed by atoms with E-state index in [1.54, 1.807) is 4.90 Å². The van der Waals surface area contributed by atoms with Crippen LogP contribution in [0, 0.1) is 6.92 Å². The Morgan fingerprint density at radius 2 is 1.93 bits per heavy atom. The van der Waals surface area contributed by atoms with Crippen LogP contribution in [0.1, 0.15) is 11.1 Å². The number of thiophene rings is 1. The van der Waals surface area contributed by atoms with Crippen LogP contribution in [0.5, 0.6) is 0 Å². The number of fused-ring (bicyclic) bond motifs is 2. The Morgan fingerprint density at radius 1 is 1.14 bits per heavy atom. The van der Waals surface area contributed by atoms with E-state index in [2.05, 4.69) is 4.98 Å². The Kier molecular flexibility index (Phi) is 4.28. The monoisotopic (exact) mass is 401 g/mol. The first kappa shape index (κ1) is 17.8. The lowest BCUT2D eigenvalue weighted by Gasteiger charge is -2.17. The summed E-state index contributed by atoms with van der Waals surface area (Å²) in [5.41, 5.74) is 4.96. The zero-order valence-corrected chi connectivity index (χ0v) is 16.8. The van der Waals surface area contributed by atoms with E-state index in [9.17, 15) is 9.59 Å². The molecule has 1 amide bonds. The van der Waals surface area contributed by atoms with Gasteiger partial charge in [-0.1, -0.05) is 48.0 Å². The molecule has 2 aromatic heterocycles. The number of carbonyl (C=O) groups is 1. The number of hydrogen-bond donors (Lipinski definition) is 0. The second-order valence-corrected chi connectivity index (χ2v) is 8.16.